The maximum Gasteiger partial charge on any atom is 0.223 e. The Labute approximate surface area is 275 Å². The summed E-state index contributed by atoms with van der Waals surface area (Å²) in [6.07, 6.45) is 0. The third-order valence-electron chi connectivity index (χ3n) is 10.3. The monoisotopic (exact) mass is 615 g/mol. The highest BCUT2D eigenvalue weighted by molar-refractivity contribution is 6.09. The van der Waals surface area contributed by atoms with E-state index in [2.05, 4.69) is 161 Å². The number of aromatic nitrogens is 5. The molecule has 0 aliphatic heterocycles. The van der Waals surface area contributed by atoms with Crippen molar-refractivity contribution in [1.82, 2.24) is 23.2 Å². The van der Waals surface area contributed by atoms with Crippen LogP contribution in [0.4, 0.5) is 0 Å². The van der Waals surface area contributed by atoms with Gasteiger partial charge in [0.05, 0.1) is 33.1 Å². The lowest BCUT2D eigenvalue weighted by atomic mass is 9.86. The van der Waals surface area contributed by atoms with Crippen LogP contribution in [0.2, 0.25) is 0 Å². The Hall–Kier alpha value is -6.20. The molecule has 0 atom stereocenters. The summed E-state index contributed by atoms with van der Waals surface area (Å²) in [5.41, 5.74) is 13.8. The van der Waals surface area contributed by atoms with Crippen LogP contribution in [-0.2, 0) is 0 Å². The first kappa shape index (κ1) is 25.9. The number of imidazole rings is 4. The molecule has 226 valence electrons. The summed E-state index contributed by atoms with van der Waals surface area (Å²) in [4.78, 5) is 10.6. The molecule has 0 bridgehead atoms. The molecule has 4 aromatic heterocycles. The zero-order chi connectivity index (χ0) is 31.7. The predicted molar refractivity (Wildman–Crippen MR) is 199 cm³/mol. The maximum absolute atomic E-state index is 5.32. The minimum absolute atomic E-state index is 0.342. The molecule has 0 saturated heterocycles. The smallest absolute Gasteiger partial charge is 0.223 e. The van der Waals surface area contributed by atoms with Crippen molar-refractivity contribution in [2.45, 2.75) is 19.8 Å². The molecule has 0 radical (unpaired) electrons. The number of hydrogen-bond donors (Lipinski definition) is 0. The van der Waals surface area contributed by atoms with Gasteiger partial charge in [0.15, 0.2) is 0 Å². The Morgan fingerprint density at radius 2 is 0.979 bits per heavy atom. The summed E-state index contributed by atoms with van der Waals surface area (Å²) < 4.78 is 6.98. The fraction of sp³-hybridized carbons (Fsp3) is 0.0698. The van der Waals surface area contributed by atoms with E-state index in [1.807, 2.05) is 0 Å². The van der Waals surface area contributed by atoms with Crippen LogP contribution in [0.5, 0.6) is 0 Å². The average molecular weight is 616 g/mol. The van der Waals surface area contributed by atoms with Crippen LogP contribution < -0.4 is 0 Å². The van der Waals surface area contributed by atoms with E-state index in [1.165, 1.54) is 49.4 Å². The third-order valence-corrected chi connectivity index (χ3v) is 10.3. The van der Waals surface area contributed by atoms with Crippen molar-refractivity contribution in [1.29, 1.82) is 0 Å². The molecule has 0 amide bonds. The molecule has 5 nitrogen and oxygen atoms in total. The molecule has 0 N–H and O–H groups in total. The molecule has 4 heterocycles. The van der Waals surface area contributed by atoms with Crippen LogP contribution in [0.25, 0.3) is 94.0 Å². The van der Waals surface area contributed by atoms with Crippen LogP contribution in [0.1, 0.15) is 25.3 Å². The van der Waals surface area contributed by atoms with E-state index >= 15 is 0 Å². The second-order valence-electron chi connectivity index (χ2n) is 13.4. The Bertz CT molecular complexity index is 2930. The number of nitrogens with zero attached hydrogens (tertiary/aromatic N) is 5. The highest BCUT2D eigenvalue weighted by atomic mass is 15.3. The summed E-state index contributed by atoms with van der Waals surface area (Å²) in [6.45, 7) is 4.59. The number of hydrogen-bond acceptors (Lipinski definition) is 2. The van der Waals surface area contributed by atoms with Gasteiger partial charge >= 0.3 is 0 Å². The summed E-state index contributed by atoms with van der Waals surface area (Å²) in [7, 11) is 0. The van der Waals surface area contributed by atoms with Gasteiger partial charge in [0.1, 0.15) is 5.52 Å². The van der Waals surface area contributed by atoms with Crippen molar-refractivity contribution in [3.05, 3.63) is 139 Å². The molecule has 48 heavy (non-hydrogen) atoms. The first-order valence-corrected chi connectivity index (χ1v) is 16.6. The SMILES string of the molecule is CC(C)c1cccc(-c2ccccc2)c1-c1cc2c3c(c1)n1c4cc5ccccc5cc4nc1n3c1nc3cc4ccccc4cc3n21. The van der Waals surface area contributed by atoms with E-state index in [9.17, 15) is 0 Å². The molecule has 5 heteroatoms. The number of benzene rings is 7. The van der Waals surface area contributed by atoms with Gasteiger partial charge in [-0.3, -0.25) is 8.80 Å². The lowest BCUT2D eigenvalue weighted by molar-refractivity contribution is 0.869. The first-order chi connectivity index (χ1) is 23.6. The van der Waals surface area contributed by atoms with Gasteiger partial charge in [-0.15, -0.1) is 0 Å². The Morgan fingerprint density at radius 1 is 0.458 bits per heavy atom. The fourth-order valence-electron chi connectivity index (χ4n) is 8.12. The normalized spacial score (nSPS) is 12.6. The molecule has 0 unspecified atom stereocenters. The fourth-order valence-corrected chi connectivity index (χ4v) is 8.12. The van der Waals surface area contributed by atoms with E-state index in [0.717, 1.165) is 50.2 Å². The largest absolute Gasteiger partial charge is 0.276 e. The van der Waals surface area contributed by atoms with Crippen molar-refractivity contribution in [2.24, 2.45) is 0 Å². The van der Waals surface area contributed by atoms with Crippen LogP contribution in [-0.4, -0.2) is 23.2 Å². The second kappa shape index (κ2) is 9.20. The zero-order valence-electron chi connectivity index (χ0n) is 26.5. The van der Waals surface area contributed by atoms with Crippen molar-refractivity contribution in [3.63, 3.8) is 0 Å². The topological polar surface area (TPSA) is 39.0 Å². The predicted octanol–water partition coefficient (Wildman–Crippen LogP) is 10.9. The van der Waals surface area contributed by atoms with E-state index in [0.29, 0.717) is 5.92 Å². The quantitative estimate of drug-likeness (QED) is 0.198. The van der Waals surface area contributed by atoms with Gasteiger partial charge < -0.3 is 0 Å². The van der Waals surface area contributed by atoms with Gasteiger partial charge in [-0.1, -0.05) is 111 Å². The van der Waals surface area contributed by atoms with Gasteiger partial charge in [-0.2, -0.15) is 0 Å². The van der Waals surface area contributed by atoms with Crippen molar-refractivity contribution >= 4 is 71.7 Å². The number of rotatable bonds is 3. The molecule has 0 fully saturated rings. The summed E-state index contributed by atoms with van der Waals surface area (Å²) in [6, 6.07) is 48.4. The van der Waals surface area contributed by atoms with Gasteiger partial charge in [0.25, 0.3) is 0 Å². The molecule has 0 saturated carbocycles. The molecule has 0 aliphatic rings. The molecular weight excluding hydrogens is 587 g/mol. The highest BCUT2D eigenvalue weighted by Crippen LogP contribution is 2.43. The molecule has 7 aromatic carbocycles. The molecule has 11 aromatic rings. The first-order valence-electron chi connectivity index (χ1n) is 16.6. The Morgan fingerprint density at radius 3 is 1.52 bits per heavy atom. The minimum Gasteiger partial charge on any atom is -0.276 e. The molecular formula is C43H29N5. The second-order valence-corrected chi connectivity index (χ2v) is 13.4. The zero-order valence-corrected chi connectivity index (χ0v) is 26.5. The van der Waals surface area contributed by atoms with Gasteiger partial charge in [-0.25, -0.2) is 14.4 Å². The van der Waals surface area contributed by atoms with Crippen molar-refractivity contribution < 1.29 is 0 Å². The van der Waals surface area contributed by atoms with E-state index in [4.69, 9.17) is 9.97 Å². The lowest BCUT2D eigenvalue weighted by Crippen LogP contribution is -1.96. The summed E-state index contributed by atoms with van der Waals surface area (Å²) in [5.74, 6) is 2.11. The summed E-state index contributed by atoms with van der Waals surface area (Å²) >= 11 is 0. The Balaban J connectivity index is 1.36. The standard InChI is InChI=1S/C43H29N5/c1-25(2)32-17-10-18-33(26-11-4-3-5-12-26)40(32)31-23-38-41-39(24-31)47-37-22-30-16-9-7-14-28(30)20-35(37)45-43(47)48(41)42-44-34-19-27-13-6-8-15-29(27)21-36(34)46(38)42/h3-25H,1-2H3. The van der Waals surface area contributed by atoms with Crippen LogP contribution in [0, 0.1) is 0 Å². The highest BCUT2D eigenvalue weighted by Gasteiger charge is 2.26. The van der Waals surface area contributed by atoms with Gasteiger partial charge in [-0.05, 0) is 91.7 Å². The molecule has 0 aliphatic carbocycles. The number of fused-ring (bicyclic) bond motifs is 12. The summed E-state index contributed by atoms with van der Waals surface area (Å²) in [5, 5.41) is 4.79. The molecule has 11 rings (SSSR count). The van der Waals surface area contributed by atoms with Crippen molar-refractivity contribution in [3.8, 4) is 22.3 Å². The van der Waals surface area contributed by atoms with Crippen LogP contribution in [0.3, 0.4) is 0 Å². The Kier molecular flexibility index (Phi) is 4.97. The minimum atomic E-state index is 0.342. The molecule has 0 spiro atoms. The maximum atomic E-state index is 5.32. The van der Waals surface area contributed by atoms with E-state index in [-0.39, 0.29) is 0 Å². The van der Waals surface area contributed by atoms with Crippen LogP contribution >= 0.6 is 0 Å². The van der Waals surface area contributed by atoms with E-state index in [1.54, 1.807) is 0 Å². The van der Waals surface area contributed by atoms with Crippen molar-refractivity contribution in [2.75, 3.05) is 0 Å². The van der Waals surface area contributed by atoms with Crippen LogP contribution in [0.15, 0.2) is 133 Å². The van der Waals surface area contributed by atoms with Gasteiger partial charge in [0.2, 0.25) is 11.6 Å². The van der Waals surface area contributed by atoms with E-state index < -0.39 is 0 Å². The third kappa shape index (κ3) is 3.35. The average Bonchev–Trinajstić information content (AvgIpc) is 3.84. The van der Waals surface area contributed by atoms with Gasteiger partial charge in [0, 0.05) is 0 Å². The lowest BCUT2D eigenvalue weighted by Gasteiger charge is -2.18.